The van der Waals surface area contributed by atoms with Crippen molar-refractivity contribution in [2.24, 2.45) is 0 Å². The fourth-order valence-corrected chi connectivity index (χ4v) is 2.40. The Kier molecular flexibility index (Phi) is 4.61. The summed E-state index contributed by atoms with van der Waals surface area (Å²) in [5.41, 5.74) is 0.487. The van der Waals surface area contributed by atoms with Gasteiger partial charge in [-0.25, -0.2) is 4.79 Å². The van der Waals surface area contributed by atoms with Gasteiger partial charge >= 0.3 is 6.09 Å². The van der Waals surface area contributed by atoms with Crippen molar-refractivity contribution in [3.63, 3.8) is 0 Å². The molecule has 1 aromatic heterocycles. The molecule has 8 heteroatoms. The minimum atomic E-state index is -0.481. The van der Waals surface area contributed by atoms with Gasteiger partial charge in [0.15, 0.2) is 11.4 Å². The molecule has 124 valence electrons. The van der Waals surface area contributed by atoms with Crippen LogP contribution in [0.1, 0.15) is 6.42 Å². The average Bonchev–Trinajstić information content (AvgIpc) is 3.11. The van der Waals surface area contributed by atoms with E-state index in [4.69, 9.17) is 18.7 Å². The largest absolute Gasteiger partial charge is 0.493 e. The van der Waals surface area contributed by atoms with E-state index < -0.39 is 12.8 Å². The second kappa shape index (κ2) is 6.82. The zero-order valence-electron chi connectivity index (χ0n) is 12.7. The lowest BCUT2D eigenvalue weighted by Gasteiger charge is -2.09. The quantitative estimate of drug-likeness (QED) is 0.729. The second-order valence-corrected chi connectivity index (χ2v) is 5.13. The van der Waals surface area contributed by atoms with Gasteiger partial charge in [0.25, 0.3) is 0 Å². The Labute approximate surface area is 131 Å². The lowest BCUT2D eigenvalue weighted by atomic mass is 10.2. The minimum Gasteiger partial charge on any atom is -0.493 e. The van der Waals surface area contributed by atoms with E-state index in [1.165, 1.54) is 4.90 Å². The van der Waals surface area contributed by atoms with Crippen LogP contribution in [0.25, 0.3) is 11.0 Å². The van der Waals surface area contributed by atoms with E-state index in [0.29, 0.717) is 48.7 Å². The molecule has 1 saturated heterocycles. The number of hydrogen-bond acceptors (Lipinski definition) is 6. The van der Waals surface area contributed by atoms with E-state index in [1.54, 1.807) is 25.3 Å². The topological polar surface area (TPSA) is 74.0 Å². The molecule has 0 N–H and O–H groups in total. The molecule has 0 saturated carbocycles. The maximum Gasteiger partial charge on any atom is 0.416 e. The first-order valence-corrected chi connectivity index (χ1v) is 7.28. The predicted octanol–water partition coefficient (Wildman–Crippen LogP) is 2.54. The van der Waals surface area contributed by atoms with Gasteiger partial charge in [-0.05, 0) is 12.1 Å². The first-order chi connectivity index (χ1) is 11.2. The number of aromatic nitrogens is 1. The molecule has 1 aromatic carbocycles. The van der Waals surface area contributed by atoms with Gasteiger partial charge < -0.3 is 18.7 Å². The van der Waals surface area contributed by atoms with Crippen molar-refractivity contribution in [1.29, 1.82) is 0 Å². The van der Waals surface area contributed by atoms with Crippen LogP contribution in [0.3, 0.4) is 0 Å². The Morgan fingerprint density at radius 2 is 2.35 bits per heavy atom. The number of fused-ring (bicyclic) bond motifs is 1. The van der Waals surface area contributed by atoms with Gasteiger partial charge in [-0.1, -0.05) is 5.16 Å². The van der Waals surface area contributed by atoms with Crippen molar-refractivity contribution in [2.45, 2.75) is 12.5 Å². The predicted molar refractivity (Wildman–Crippen MR) is 79.6 cm³/mol. The number of halogens is 1. The number of nitrogens with zero attached hydrogens (tertiary/aromatic N) is 2. The number of hydrogen-bond donors (Lipinski definition) is 0. The molecule has 2 aromatic rings. The Hall–Kier alpha value is -2.35. The van der Waals surface area contributed by atoms with E-state index in [0.717, 1.165) is 0 Å². The SMILES string of the molecule is COC[C@@H]1CN(c2noc3cc(OCCC[18F])ccc23)C(=O)O1. The summed E-state index contributed by atoms with van der Waals surface area (Å²) in [7, 11) is 1.55. The van der Waals surface area contributed by atoms with Crippen LogP contribution in [0.5, 0.6) is 5.75 Å². The number of benzene rings is 1. The summed E-state index contributed by atoms with van der Waals surface area (Å²) in [5, 5.41) is 4.63. The van der Waals surface area contributed by atoms with Crippen molar-refractivity contribution in [3.8, 4) is 5.75 Å². The second-order valence-electron chi connectivity index (χ2n) is 5.13. The lowest BCUT2D eigenvalue weighted by molar-refractivity contribution is 0.0718. The number of ether oxygens (including phenoxy) is 3. The summed E-state index contributed by atoms with van der Waals surface area (Å²) in [6, 6.07) is 5.15. The van der Waals surface area contributed by atoms with Gasteiger partial charge in [-0.2, -0.15) is 0 Å². The van der Waals surface area contributed by atoms with E-state index >= 15 is 0 Å². The van der Waals surface area contributed by atoms with E-state index in [9.17, 15) is 9.18 Å². The van der Waals surface area contributed by atoms with Gasteiger partial charge in [0.2, 0.25) is 0 Å². The van der Waals surface area contributed by atoms with Gasteiger partial charge in [0.1, 0.15) is 11.9 Å². The summed E-state index contributed by atoms with van der Waals surface area (Å²) in [6.07, 6.45) is -0.478. The highest BCUT2D eigenvalue weighted by Crippen LogP contribution is 2.31. The third-order valence-corrected chi connectivity index (χ3v) is 3.45. The van der Waals surface area contributed by atoms with Crippen molar-refractivity contribution < 1.29 is 27.9 Å². The monoisotopic (exact) mass is 323 g/mol. The van der Waals surface area contributed by atoms with Crippen LogP contribution in [-0.4, -0.2) is 50.9 Å². The Balaban J connectivity index is 1.78. The Morgan fingerprint density at radius 3 is 3.13 bits per heavy atom. The number of methoxy groups -OCH3 is 1. The molecule has 0 radical (unpaired) electrons. The van der Waals surface area contributed by atoms with Crippen LogP contribution >= 0.6 is 0 Å². The molecule has 0 aliphatic carbocycles. The smallest absolute Gasteiger partial charge is 0.416 e. The van der Waals surface area contributed by atoms with Crippen molar-refractivity contribution in [3.05, 3.63) is 18.2 Å². The molecule has 1 aliphatic rings. The average molecular weight is 323 g/mol. The molecule has 7 nitrogen and oxygen atoms in total. The van der Waals surface area contributed by atoms with Crippen LogP contribution < -0.4 is 9.64 Å². The molecule has 3 rings (SSSR count). The summed E-state index contributed by atoms with van der Waals surface area (Å²) in [4.78, 5) is 13.4. The summed E-state index contributed by atoms with van der Waals surface area (Å²) < 4.78 is 33.0. The fraction of sp³-hybridized carbons (Fsp3) is 0.467. The zero-order valence-corrected chi connectivity index (χ0v) is 12.7. The molecular weight excluding hydrogens is 306 g/mol. The molecule has 0 unspecified atom stereocenters. The molecular formula is C15H17FN2O5. The Bertz CT molecular complexity index is 690. The first kappa shape index (κ1) is 15.5. The summed E-state index contributed by atoms with van der Waals surface area (Å²) in [5.74, 6) is 0.966. The highest BCUT2D eigenvalue weighted by molar-refractivity contribution is 5.99. The highest BCUT2D eigenvalue weighted by atomic mass is 18.2. The molecule has 1 atom stereocenters. The number of cyclic esters (lactones) is 1. The van der Waals surface area contributed by atoms with Gasteiger partial charge in [0.05, 0.1) is 31.8 Å². The third-order valence-electron chi connectivity index (χ3n) is 3.45. The number of anilines is 1. The van der Waals surface area contributed by atoms with Gasteiger partial charge in [-0.15, -0.1) is 0 Å². The number of alkyl halides is 1. The summed E-state index contributed by atoms with van der Waals surface area (Å²) in [6.45, 7) is 0.544. The Morgan fingerprint density at radius 1 is 1.48 bits per heavy atom. The standard InChI is InChI=1S/C15H17FN2O5/c1-20-9-11-8-18(15(19)22-11)14-12-4-3-10(21-6-2-5-16)7-13(12)23-17-14/h3-4,7,11H,2,5-6,8-9H2,1H3/t11-/m0/s1/i16-1. The van der Waals surface area contributed by atoms with E-state index in [-0.39, 0.29) is 6.10 Å². The molecule has 1 fully saturated rings. The highest BCUT2D eigenvalue weighted by Gasteiger charge is 2.35. The lowest BCUT2D eigenvalue weighted by Crippen LogP contribution is -2.26. The van der Waals surface area contributed by atoms with Crippen molar-refractivity contribution in [1.82, 2.24) is 5.16 Å². The number of amides is 1. The van der Waals surface area contributed by atoms with Crippen LogP contribution in [0, 0.1) is 0 Å². The van der Waals surface area contributed by atoms with Crippen LogP contribution in [0.4, 0.5) is 15.0 Å². The number of carbonyl (C=O) groups excluding carboxylic acids is 1. The normalized spacial score (nSPS) is 17.7. The fourth-order valence-electron chi connectivity index (χ4n) is 2.40. The third kappa shape index (κ3) is 3.21. The van der Waals surface area contributed by atoms with Gasteiger partial charge in [-0.3, -0.25) is 9.29 Å². The maximum atomic E-state index is 12.1. The van der Waals surface area contributed by atoms with Crippen molar-refractivity contribution >= 4 is 22.9 Å². The molecule has 23 heavy (non-hydrogen) atoms. The number of rotatable bonds is 7. The minimum absolute atomic E-state index is 0.292. The van der Waals surface area contributed by atoms with Gasteiger partial charge in [0, 0.05) is 19.6 Å². The molecule has 0 bridgehead atoms. The zero-order chi connectivity index (χ0) is 16.2. The van der Waals surface area contributed by atoms with Crippen LogP contribution in [0.15, 0.2) is 22.7 Å². The summed E-state index contributed by atoms with van der Waals surface area (Å²) >= 11 is 0. The van der Waals surface area contributed by atoms with E-state index in [2.05, 4.69) is 5.16 Å². The van der Waals surface area contributed by atoms with Crippen LogP contribution in [0.2, 0.25) is 0 Å². The maximum absolute atomic E-state index is 12.1. The van der Waals surface area contributed by atoms with Crippen molar-refractivity contribution in [2.75, 3.05) is 38.4 Å². The molecule has 0 spiro atoms. The number of carbonyl (C=O) groups is 1. The van der Waals surface area contributed by atoms with Crippen LogP contribution in [-0.2, 0) is 9.47 Å². The molecule has 1 amide bonds. The van der Waals surface area contributed by atoms with E-state index in [1.807, 2.05) is 0 Å². The first-order valence-electron chi connectivity index (χ1n) is 7.28. The molecule has 2 heterocycles. The molecule has 1 aliphatic heterocycles.